The van der Waals surface area contributed by atoms with E-state index in [0.717, 1.165) is 0 Å². The summed E-state index contributed by atoms with van der Waals surface area (Å²) in [7, 11) is -1.97. The van der Waals surface area contributed by atoms with Crippen molar-refractivity contribution in [3.63, 3.8) is 0 Å². The maximum absolute atomic E-state index is 12.2. The first kappa shape index (κ1) is 17.9. The highest BCUT2D eigenvalue weighted by atomic mass is 79.9. The molecule has 0 saturated heterocycles. The summed E-state index contributed by atoms with van der Waals surface area (Å²) in [5.74, 6) is -0.896. The van der Waals surface area contributed by atoms with Crippen LogP contribution in [0.15, 0.2) is 15.6 Å². The molecule has 0 spiro atoms. The fraction of sp³-hybridized carbons (Fsp3) is 0.538. The van der Waals surface area contributed by atoms with E-state index in [4.69, 9.17) is 4.74 Å². The number of esters is 1. The van der Waals surface area contributed by atoms with Crippen molar-refractivity contribution in [3.8, 4) is 0 Å². The minimum absolute atomic E-state index is 0.130. The molecule has 0 atom stereocenters. The third kappa shape index (κ3) is 4.41. The summed E-state index contributed by atoms with van der Waals surface area (Å²) in [6.07, 6.45) is 0. The lowest BCUT2D eigenvalue weighted by Gasteiger charge is -2.20. The summed E-state index contributed by atoms with van der Waals surface area (Å²) in [4.78, 5) is 16.1. The van der Waals surface area contributed by atoms with Crippen molar-refractivity contribution in [1.82, 2.24) is 4.98 Å². The number of nitrogens with one attached hydrogen (secondary N) is 1. The van der Waals surface area contributed by atoms with Gasteiger partial charge in [0.2, 0.25) is 0 Å². The number of carbonyl (C=O) groups is 1. The molecule has 1 aromatic rings. The summed E-state index contributed by atoms with van der Waals surface area (Å²) >= 11 is 3.20. The number of ether oxygens (including phenoxy) is 1. The zero-order valence-corrected chi connectivity index (χ0v) is 15.1. The minimum Gasteiger partial charge on any atom is -0.455 e. The minimum atomic E-state index is -3.60. The van der Waals surface area contributed by atoms with Gasteiger partial charge in [-0.05, 0) is 42.8 Å². The van der Waals surface area contributed by atoms with Gasteiger partial charge in [0.1, 0.15) is 15.1 Å². The standard InChI is InChI=1S/C13H19BrN2O4S/c1-6-21(18,19)9-7-8(15-5)11(14)16-10(9)12(17)20-13(2,3)4/h7,15H,6H2,1-5H3. The average molecular weight is 379 g/mol. The van der Waals surface area contributed by atoms with Crippen LogP contribution in [0.5, 0.6) is 0 Å². The Morgan fingerprint density at radius 3 is 2.43 bits per heavy atom. The second-order valence-corrected chi connectivity index (χ2v) is 8.33. The maximum atomic E-state index is 12.2. The van der Waals surface area contributed by atoms with Gasteiger partial charge in [0.25, 0.3) is 0 Å². The van der Waals surface area contributed by atoms with E-state index in [2.05, 4.69) is 26.2 Å². The number of sulfone groups is 1. The summed E-state index contributed by atoms with van der Waals surface area (Å²) < 4.78 is 29.9. The van der Waals surface area contributed by atoms with Crippen LogP contribution >= 0.6 is 15.9 Å². The van der Waals surface area contributed by atoms with Crippen LogP contribution in [-0.4, -0.2) is 37.8 Å². The fourth-order valence-electron chi connectivity index (χ4n) is 1.51. The third-order valence-electron chi connectivity index (χ3n) is 2.52. The second-order valence-electron chi connectivity index (χ2n) is 5.33. The summed E-state index contributed by atoms with van der Waals surface area (Å²) in [6.45, 7) is 6.62. The SMILES string of the molecule is CCS(=O)(=O)c1cc(NC)c(Br)nc1C(=O)OC(C)(C)C. The average Bonchev–Trinajstić information content (AvgIpc) is 2.36. The van der Waals surface area contributed by atoms with E-state index >= 15 is 0 Å². The Bertz CT molecular complexity index is 651. The molecule has 6 nitrogen and oxygen atoms in total. The highest BCUT2D eigenvalue weighted by Crippen LogP contribution is 2.28. The van der Waals surface area contributed by atoms with Crippen molar-refractivity contribution in [3.05, 3.63) is 16.4 Å². The zero-order chi connectivity index (χ0) is 16.4. The highest BCUT2D eigenvalue weighted by molar-refractivity contribution is 9.10. The first-order chi connectivity index (χ1) is 9.51. The normalized spacial score (nSPS) is 12.1. The van der Waals surface area contributed by atoms with Crippen LogP contribution in [0, 0.1) is 0 Å². The quantitative estimate of drug-likeness (QED) is 0.640. The molecule has 118 valence electrons. The number of halogens is 1. The van der Waals surface area contributed by atoms with Gasteiger partial charge in [-0.1, -0.05) is 6.92 Å². The third-order valence-corrected chi connectivity index (χ3v) is 4.86. The molecule has 0 aromatic carbocycles. The number of pyridine rings is 1. The van der Waals surface area contributed by atoms with Gasteiger partial charge in [0.05, 0.1) is 11.4 Å². The predicted molar refractivity (Wildman–Crippen MR) is 84.4 cm³/mol. The number of hydrogen-bond acceptors (Lipinski definition) is 6. The topological polar surface area (TPSA) is 85.4 Å². The number of aromatic nitrogens is 1. The van der Waals surface area contributed by atoms with Crippen LogP contribution in [-0.2, 0) is 14.6 Å². The first-order valence-corrected chi connectivity index (χ1v) is 8.80. The summed E-state index contributed by atoms with van der Waals surface area (Å²) in [6, 6.07) is 1.38. The lowest BCUT2D eigenvalue weighted by molar-refractivity contribution is 0.00579. The van der Waals surface area contributed by atoms with Gasteiger partial charge in [-0.2, -0.15) is 0 Å². The largest absolute Gasteiger partial charge is 0.455 e. The van der Waals surface area contributed by atoms with E-state index in [0.29, 0.717) is 10.3 Å². The van der Waals surface area contributed by atoms with Crippen molar-refractivity contribution in [2.75, 3.05) is 18.1 Å². The van der Waals surface area contributed by atoms with Crippen LogP contribution in [0.25, 0.3) is 0 Å². The van der Waals surface area contributed by atoms with Crippen LogP contribution in [0.3, 0.4) is 0 Å². The maximum Gasteiger partial charge on any atom is 0.358 e. The van der Waals surface area contributed by atoms with E-state index in [1.807, 2.05) is 0 Å². The molecule has 0 radical (unpaired) electrons. The van der Waals surface area contributed by atoms with Crippen molar-refractivity contribution >= 4 is 37.4 Å². The first-order valence-electron chi connectivity index (χ1n) is 6.36. The Labute approximate surface area is 133 Å². The van der Waals surface area contributed by atoms with Crippen molar-refractivity contribution in [1.29, 1.82) is 0 Å². The Morgan fingerprint density at radius 1 is 1.43 bits per heavy atom. The van der Waals surface area contributed by atoms with Gasteiger partial charge in [-0.15, -0.1) is 0 Å². The number of anilines is 1. The molecule has 0 fully saturated rings. The Morgan fingerprint density at radius 2 is 2.00 bits per heavy atom. The molecule has 1 heterocycles. The van der Waals surface area contributed by atoms with E-state index in [9.17, 15) is 13.2 Å². The smallest absolute Gasteiger partial charge is 0.358 e. The molecule has 0 aliphatic heterocycles. The van der Waals surface area contributed by atoms with Gasteiger partial charge < -0.3 is 10.1 Å². The number of rotatable bonds is 4. The molecule has 0 unspecified atom stereocenters. The van der Waals surface area contributed by atoms with Gasteiger partial charge in [-0.25, -0.2) is 18.2 Å². The van der Waals surface area contributed by atoms with E-state index in [1.165, 1.54) is 13.0 Å². The molecule has 1 aromatic heterocycles. The molecule has 0 amide bonds. The van der Waals surface area contributed by atoms with Crippen LogP contribution in [0.1, 0.15) is 38.2 Å². The molecular formula is C13H19BrN2O4S. The van der Waals surface area contributed by atoms with Crippen molar-refractivity contribution in [2.24, 2.45) is 0 Å². The monoisotopic (exact) mass is 378 g/mol. The molecular weight excluding hydrogens is 360 g/mol. The predicted octanol–water partition coefficient (Wildman–Crippen LogP) is 2.63. The van der Waals surface area contributed by atoms with Crippen LogP contribution < -0.4 is 5.32 Å². The molecule has 0 aliphatic carbocycles. The number of nitrogens with zero attached hydrogens (tertiary/aromatic N) is 1. The molecule has 0 bridgehead atoms. The van der Waals surface area contributed by atoms with E-state index < -0.39 is 21.4 Å². The molecule has 21 heavy (non-hydrogen) atoms. The van der Waals surface area contributed by atoms with Gasteiger partial charge in [0.15, 0.2) is 15.5 Å². The molecule has 0 aliphatic rings. The number of carbonyl (C=O) groups excluding carboxylic acids is 1. The van der Waals surface area contributed by atoms with E-state index in [-0.39, 0.29) is 16.3 Å². The Kier molecular flexibility index (Phi) is 5.38. The van der Waals surface area contributed by atoms with Crippen LogP contribution in [0.2, 0.25) is 0 Å². The lowest BCUT2D eigenvalue weighted by atomic mass is 10.2. The van der Waals surface area contributed by atoms with Crippen LogP contribution in [0.4, 0.5) is 5.69 Å². The lowest BCUT2D eigenvalue weighted by Crippen LogP contribution is -2.26. The molecule has 8 heteroatoms. The van der Waals surface area contributed by atoms with E-state index in [1.54, 1.807) is 27.8 Å². The van der Waals surface area contributed by atoms with Crippen molar-refractivity contribution in [2.45, 2.75) is 38.2 Å². The fourth-order valence-corrected chi connectivity index (χ4v) is 3.04. The Balaban J connectivity index is 3.50. The van der Waals surface area contributed by atoms with Crippen molar-refractivity contribution < 1.29 is 17.9 Å². The molecule has 1 N–H and O–H groups in total. The zero-order valence-electron chi connectivity index (χ0n) is 12.7. The summed E-state index contributed by atoms with van der Waals surface area (Å²) in [5, 5.41) is 2.82. The van der Waals surface area contributed by atoms with Gasteiger partial charge in [-0.3, -0.25) is 0 Å². The Hall–Kier alpha value is -1.15. The molecule has 0 saturated carbocycles. The number of hydrogen-bond donors (Lipinski definition) is 1. The second kappa shape index (κ2) is 6.31. The molecule has 1 rings (SSSR count). The summed E-state index contributed by atoms with van der Waals surface area (Å²) in [5.41, 5.74) is -0.466. The van der Waals surface area contributed by atoms with Gasteiger partial charge >= 0.3 is 5.97 Å². The van der Waals surface area contributed by atoms with Gasteiger partial charge in [0, 0.05) is 7.05 Å². The highest BCUT2D eigenvalue weighted by Gasteiger charge is 2.28.